The Morgan fingerprint density at radius 2 is 2.00 bits per heavy atom. The molecule has 6 nitrogen and oxygen atoms in total. The molecule has 0 saturated carbocycles. The van der Waals surface area contributed by atoms with Crippen molar-refractivity contribution < 1.29 is 9.53 Å². The number of nitrogens with one attached hydrogen (secondary N) is 2. The number of carbonyl (C=O) groups is 1. The van der Waals surface area contributed by atoms with E-state index < -0.39 is 0 Å². The van der Waals surface area contributed by atoms with Gasteiger partial charge in [-0.25, -0.2) is 5.53 Å². The van der Waals surface area contributed by atoms with Crippen molar-refractivity contribution in [2.24, 2.45) is 5.11 Å². The van der Waals surface area contributed by atoms with Gasteiger partial charge in [0.1, 0.15) is 5.69 Å². The first kappa shape index (κ1) is 17.8. The SMILES string of the molecule is N=Nc1c(-c2ccccc2S)cc(C(=O)N2CCOCC2)c2c1NCC=C2. The molecule has 0 unspecified atom stereocenters. The molecule has 27 heavy (non-hydrogen) atoms. The third-order valence-electron chi connectivity index (χ3n) is 4.86. The second-order valence-corrected chi connectivity index (χ2v) is 6.91. The zero-order chi connectivity index (χ0) is 18.8. The van der Waals surface area contributed by atoms with Gasteiger partial charge in [-0.05, 0) is 17.7 Å². The molecule has 0 spiro atoms. The summed E-state index contributed by atoms with van der Waals surface area (Å²) in [6.07, 6.45) is 3.91. The molecule has 2 aliphatic rings. The maximum absolute atomic E-state index is 13.3. The molecule has 2 aromatic carbocycles. The van der Waals surface area contributed by atoms with Crippen LogP contribution >= 0.6 is 12.6 Å². The van der Waals surface area contributed by atoms with Gasteiger partial charge in [0.2, 0.25) is 0 Å². The van der Waals surface area contributed by atoms with E-state index >= 15 is 0 Å². The molecule has 7 heteroatoms. The molecule has 2 aliphatic heterocycles. The average molecular weight is 380 g/mol. The second-order valence-electron chi connectivity index (χ2n) is 6.43. The number of rotatable bonds is 3. The fourth-order valence-electron chi connectivity index (χ4n) is 3.51. The van der Waals surface area contributed by atoms with Gasteiger partial charge in [0.25, 0.3) is 5.91 Å². The van der Waals surface area contributed by atoms with Gasteiger partial charge in [-0.1, -0.05) is 30.4 Å². The number of anilines is 1. The number of nitrogens with zero attached hydrogens (tertiary/aromatic N) is 2. The topological polar surface area (TPSA) is 77.8 Å². The number of hydrogen-bond donors (Lipinski definition) is 3. The van der Waals surface area contributed by atoms with Gasteiger partial charge < -0.3 is 15.0 Å². The van der Waals surface area contributed by atoms with Gasteiger partial charge in [0.15, 0.2) is 0 Å². The molecular formula is C20H20N4O2S. The second kappa shape index (κ2) is 7.54. The van der Waals surface area contributed by atoms with Crippen molar-refractivity contribution in [1.82, 2.24) is 4.90 Å². The van der Waals surface area contributed by atoms with Crippen LogP contribution in [-0.4, -0.2) is 43.7 Å². The largest absolute Gasteiger partial charge is 0.379 e. The fourth-order valence-corrected chi connectivity index (χ4v) is 3.79. The van der Waals surface area contributed by atoms with Crippen LogP contribution < -0.4 is 5.32 Å². The molecule has 1 fully saturated rings. The Morgan fingerprint density at radius 3 is 2.74 bits per heavy atom. The zero-order valence-electron chi connectivity index (χ0n) is 14.7. The Kier molecular flexibility index (Phi) is 4.96. The summed E-state index contributed by atoms with van der Waals surface area (Å²) >= 11 is 4.56. The molecule has 0 aliphatic carbocycles. The first-order chi connectivity index (χ1) is 13.2. The molecule has 0 aromatic heterocycles. The van der Waals surface area contributed by atoms with E-state index in [-0.39, 0.29) is 5.91 Å². The molecule has 0 atom stereocenters. The summed E-state index contributed by atoms with van der Waals surface area (Å²) in [6.45, 7) is 2.89. The van der Waals surface area contributed by atoms with Crippen LogP contribution in [0.25, 0.3) is 17.2 Å². The van der Waals surface area contributed by atoms with Crippen LogP contribution in [0, 0.1) is 5.53 Å². The average Bonchev–Trinajstić information content (AvgIpc) is 2.73. The number of hydrogen-bond acceptors (Lipinski definition) is 6. The van der Waals surface area contributed by atoms with Gasteiger partial charge in [-0.2, -0.15) is 5.11 Å². The lowest BCUT2D eigenvalue weighted by Crippen LogP contribution is -2.41. The molecule has 2 aromatic rings. The van der Waals surface area contributed by atoms with E-state index in [2.05, 4.69) is 23.1 Å². The van der Waals surface area contributed by atoms with Crippen LogP contribution in [0.2, 0.25) is 0 Å². The van der Waals surface area contributed by atoms with Crippen LogP contribution in [0.3, 0.4) is 0 Å². The van der Waals surface area contributed by atoms with Gasteiger partial charge in [-0.3, -0.25) is 4.79 Å². The minimum atomic E-state index is -0.0303. The minimum absolute atomic E-state index is 0.0303. The molecule has 138 valence electrons. The highest BCUT2D eigenvalue weighted by molar-refractivity contribution is 7.80. The van der Waals surface area contributed by atoms with E-state index in [1.54, 1.807) is 0 Å². The van der Waals surface area contributed by atoms with Crippen molar-refractivity contribution in [3.05, 3.63) is 47.5 Å². The Morgan fingerprint density at radius 1 is 1.22 bits per heavy atom. The highest BCUT2D eigenvalue weighted by atomic mass is 32.1. The van der Waals surface area contributed by atoms with Gasteiger partial charge in [0, 0.05) is 41.2 Å². The Labute approximate surface area is 163 Å². The smallest absolute Gasteiger partial charge is 0.254 e. The number of amides is 1. The van der Waals surface area contributed by atoms with Crippen LogP contribution in [0.5, 0.6) is 0 Å². The monoisotopic (exact) mass is 380 g/mol. The maximum Gasteiger partial charge on any atom is 0.254 e. The van der Waals surface area contributed by atoms with Crippen molar-refractivity contribution in [3.63, 3.8) is 0 Å². The molecule has 0 bridgehead atoms. The number of morpholine rings is 1. The summed E-state index contributed by atoms with van der Waals surface area (Å²) < 4.78 is 5.37. The Balaban J connectivity index is 1.92. The third-order valence-corrected chi connectivity index (χ3v) is 5.25. The first-order valence-electron chi connectivity index (χ1n) is 8.85. The van der Waals surface area contributed by atoms with Gasteiger partial charge >= 0.3 is 0 Å². The van der Waals surface area contributed by atoms with E-state index in [0.29, 0.717) is 44.1 Å². The number of ether oxygens (including phenoxy) is 1. The number of fused-ring (bicyclic) bond motifs is 1. The van der Waals surface area contributed by atoms with Crippen molar-refractivity contribution in [2.45, 2.75) is 4.90 Å². The normalized spacial score (nSPS) is 15.8. The molecule has 1 amide bonds. The molecule has 4 rings (SSSR count). The van der Waals surface area contributed by atoms with Crippen LogP contribution in [-0.2, 0) is 4.74 Å². The first-order valence-corrected chi connectivity index (χ1v) is 9.29. The third kappa shape index (κ3) is 3.24. The lowest BCUT2D eigenvalue weighted by Gasteiger charge is -2.29. The Bertz CT molecular complexity index is 936. The number of thiol groups is 1. The van der Waals surface area contributed by atoms with E-state index in [1.165, 1.54) is 0 Å². The predicted molar refractivity (Wildman–Crippen MR) is 108 cm³/mol. The summed E-state index contributed by atoms with van der Waals surface area (Å²) in [4.78, 5) is 15.8. The van der Waals surface area contributed by atoms with E-state index in [4.69, 9.17) is 10.3 Å². The summed E-state index contributed by atoms with van der Waals surface area (Å²) in [5.74, 6) is -0.0303. The predicted octanol–water partition coefficient (Wildman–Crippen LogP) is 4.22. The molecular weight excluding hydrogens is 360 g/mol. The molecule has 1 saturated heterocycles. The maximum atomic E-state index is 13.3. The van der Waals surface area contributed by atoms with Crippen LogP contribution in [0.4, 0.5) is 11.4 Å². The number of carbonyl (C=O) groups excluding carboxylic acids is 1. The highest BCUT2D eigenvalue weighted by Gasteiger charge is 2.27. The van der Waals surface area contributed by atoms with Crippen molar-refractivity contribution in [1.29, 1.82) is 5.53 Å². The summed E-state index contributed by atoms with van der Waals surface area (Å²) in [5.41, 5.74) is 12.0. The molecule has 0 radical (unpaired) electrons. The summed E-state index contributed by atoms with van der Waals surface area (Å²) in [6, 6.07) is 9.49. The van der Waals surface area contributed by atoms with Crippen molar-refractivity contribution >= 4 is 36.0 Å². The van der Waals surface area contributed by atoms with E-state index in [1.807, 2.05) is 47.4 Å². The number of benzene rings is 2. The van der Waals surface area contributed by atoms with E-state index in [0.717, 1.165) is 27.3 Å². The van der Waals surface area contributed by atoms with Crippen molar-refractivity contribution in [3.8, 4) is 11.1 Å². The van der Waals surface area contributed by atoms with Gasteiger partial charge in [0.05, 0.1) is 18.9 Å². The lowest BCUT2D eigenvalue weighted by atomic mass is 9.92. The van der Waals surface area contributed by atoms with E-state index in [9.17, 15) is 4.79 Å². The highest BCUT2D eigenvalue weighted by Crippen LogP contribution is 2.44. The molecule has 2 N–H and O–H groups in total. The summed E-state index contributed by atoms with van der Waals surface area (Å²) in [5, 5.41) is 7.08. The standard InChI is InChI=1S/C20H20N4O2S/c21-23-19-15(13-4-1-2-6-17(13)27)12-16(14-5-3-7-22-18(14)19)20(25)24-8-10-26-11-9-24/h1-6,12,21-22,27H,7-11H2. The van der Waals surface area contributed by atoms with Crippen LogP contribution in [0.1, 0.15) is 15.9 Å². The Hall–Kier alpha value is -2.64. The van der Waals surface area contributed by atoms with Gasteiger partial charge in [-0.15, -0.1) is 12.6 Å². The summed E-state index contributed by atoms with van der Waals surface area (Å²) in [7, 11) is 0. The lowest BCUT2D eigenvalue weighted by molar-refractivity contribution is 0.0303. The molecule has 2 heterocycles. The van der Waals surface area contributed by atoms with Crippen LogP contribution in [0.15, 0.2) is 46.4 Å². The quantitative estimate of drug-likeness (QED) is 0.551. The van der Waals surface area contributed by atoms with Crippen molar-refractivity contribution in [2.75, 3.05) is 38.2 Å². The minimum Gasteiger partial charge on any atom is -0.379 e. The zero-order valence-corrected chi connectivity index (χ0v) is 15.6. The fraction of sp³-hybridized carbons (Fsp3) is 0.250.